The molecule has 1 heterocycles. The first-order valence-corrected chi connectivity index (χ1v) is 8.00. The van der Waals surface area contributed by atoms with Crippen LogP contribution in [0.5, 0.6) is 5.75 Å². The first-order chi connectivity index (χ1) is 10.7. The van der Waals surface area contributed by atoms with Crippen molar-refractivity contribution in [2.75, 3.05) is 11.9 Å². The highest BCUT2D eigenvalue weighted by atomic mass is 32.1. The molecule has 1 aromatic carbocycles. The summed E-state index contributed by atoms with van der Waals surface area (Å²) >= 11 is 1.38. The van der Waals surface area contributed by atoms with Crippen LogP contribution in [0.3, 0.4) is 0 Å². The molecule has 7 heteroatoms. The van der Waals surface area contributed by atoms with Crippen molar-refractivity contribution in [1.82, 2.24) is 10.2 Å². The summed E-state index contributed by atoms with van der Waals surface area (Å²) in [6.07, 6.45) is 3.15. The van der Waals surface area contributed by atoms with Gasteiger partial charge in [-0.25, -0.2) is 4.39 Å². The number of benzene rings is 1. The van der Waals surface area contributed by atoms with Crippen molar-refractivity contribution in [3.05, 3.63) is 35.1 Å². The van der Waals surface area contributed by atoms with Crippen LogP contribution in [-0.2, 0) is 11.2 Å². The number of unbranched alkanes of at least 4 members (excludes halogenated alkanes) is 1. The second-order valence-corrected chi connectivity index (χ2v) is 5.74. The SMILES string of the molecule is CCCCc1nnc(NC(=O)CCOc2ccccc2F)s1. The molecule has 1 amide bonds. The number of ether oxygens (including phenoxy) is 1. The Bertz CT molecular complexity index is 618. The zero-order valence-electron chi connectivity index (χ0n) is 12.3. The third-order valence-electron chi connectivity index (χ3n) is 2.88. The monoisotopic (exact) mass is 323 g/mol. The summed E-state index contributed by atoms with van der Waals surface area (Å²) in [5.74, 6) is -0.518. The van der Waals surface area contributed by atoms with E-state index in [1.165, 1.54) is 23.5 Å². The molecule has 0 saturated carbocycles. The lowest BCUT2D eigenvalue weighted by atomic mass is 10.3. The van der Waals surface area contributed by atoms with Crippen molar-refractivity contribution in [2.24, 2.45) is 0 Å². The predicted molar refractivity (Wildman–Crippen MR) is 83.7 cm³/mol. The minimum Gasteiger partial charge on any atom is -0.490 e. The lowest BCUT2D eigenvalue weighted by molar-refractivity contribution is -0.116. The molecule has 1 aromatic heterocycles. The van der Waals surface area contributed by atoms with Crippen molar-refractivity contribution >= 4 is 22.4 Å². The average Bonchev–Trinajstić information content (AvgIpc) is 2.94. The number of carbonyl (C=O) groups is 1. The van der Waals surface area contributed by atoms with Crippen LogP contribution < -0.4 is 10.1 Å². The van der Waals surface area contributed by atoms with Gasteiger partial charge in [-0.2, -0.15) is 0 Å². The summed E-state index contributed by atoms with van der Waals surface area (Å²) in [7, 11) is 0. The Labute approximate surface area is 132 Å². The van der Waals surface area contributed by atoms with Crippen molar-refractivity contribution in [1.29, 1.82) is 0 Å². The summed E-state index contributed by atoms with van der Waals surface area (Å²) in [5.41, 5.74) is 0. The van der Waals surface area contributed by atoms with Gasteiger partial charge in [-0.3, -0.25) is 4.79 Å². The van der Waals surface area contributed by atoms with Crippen molar-refractivity contribution in [2.45, 2.75) is 32.6 Å². The highest BCUT2D eigenvalue weighted by Gasteiger charge is 2.09. The quantitative estimate of drug-likeness (QED) is 0.808. The Balaban J connectivity index is 1.74. The molecule has 0 bridgehead atoms. The number of carbonyl (C=O) groups excluding carboxylic acids is 1. The van der Waals surface area contributed by atoms with E-state index in [-0.39, 0.29) is 24.7 Å². The summed E-state index contributed by atoms with van der Waals surface area (Å²) in [6.45, 7) is 2.22. The lowest BCUT2D eigenvalue weighted by Crippen LogP contribution is -2.15. The standard InChI is InChI=1S/C15H18FN3O2S/c1-2-3-8-14-18-19-15(22-14)17-13(20)9-10-21-12-7-5-4-6-11(12)16/h4-7H,2-3,8-10H2,1H3,(H,17,19,20). The summed E-state index contributed by atoms with van der Waals surface area (Å²) in [5, 5.41) is 12.0. The Morgan fingerprint density at radius 2 is 2.18 bits per heavy atom. The molecule has 118 valence electrons. The molecule has 22 heavy (non-hydrogen) atoms. The van der Waals surface area contributed by atoms with Gasteiger partial charge < -0.3 is 10.1 Å². The minimum absolute atomic E-state index is 0.105. The normalized spacial score (nSPS) is 10.5. The maximum absolute atomic E-state index is 13.3. The molecular weight excluding hydrogens is 305 g/mol. The molecule has 0 aliphatic carbocycles. The first-order valence-electron chi connectivity index (χ1n) is 7.18. The van der Waals surface area contributed by atoms with E-state index in [1.807, 2.05) is 0 Å². The van der Waals surface area contributed by atoms with Crippen molar-refractivity contribution in [3.63, 3.8) is 0 Å². The van der Waals surface area contributed by atoms with Crippen LogP contribution >= 0.6 is 11.3 Å². The van der Waals surface area contributed by atoms with E-state index in [2.05, 4.69) is 22.4 Å². The topological polar surface area (TPSA) is 64.1 Å². The number of hydrogen-bond acceptors (Lipinski definition) is 5. The third kappa shape index (κ3) is 5.07. The van der Waals surface area contributed by atoms with Crippen LogP contribution in [0, 0.1) is 5.82 Å². The number of rotatable bonds is 8. The molecular formula is C15H18FN3O2S. The van der Waals surface area contributed by atoms with Gasteiger partial charge in [0.25, 0.3) is 0 Å². The molecule has 0 unspecified atom stereocenters. The van der Waals surface area contributed by atoms with Crippen molar-refractivity contribution < 1.29 is 13.9 Å². The van der Waals surface area contributed by atoms with E-state index in [0.717, 1.165) is 24.3 Å². The Hall–Kier alpha value is -2.02. The number of aromatic nitrogens is 2. The second-order valence-electron chi connectivity index (χ2n) is 4.68. The van der Waals surface area contributed by atoms with Gasteiger partial charge >= 0.3 is 0 Å². The fourth-order valence-electron chi connectivity index (χ4n) is 1.73. The zero-order valence-corrected chi connectivity index (χ0v) is 13.2. The van der Waals surface area contributed by atoms with Crippen LogP contribution in [0.1, 0.15) is 31.2 Å². The Morgan fingerprint density at radius 1 is 1.36 bits per heavy atom. The molecule has 1 N–H and O–H groups in total. The molecule has 2 aromatic rings. The highest BCUT2D eigenvalue weighted by molar-refractivity contribution is 7.15. The minimum atomic E-state index is -0.437. The molecule has 0 spiro atoms. The fourth-order valence-corrected chi connectivity index (χ4v) is 2.53. The number of anilines is 1. The number of hydrogen-bond donors (Lipinski definition) is 1. The van der Waals surface area contributed by atoms with Gasteiger partial charge in [0.15, 0.2) is 11.6 Å². The van der Waals surface area contributed by atoms with Gasteiger partial charge in [0, 0.05) is 6.42 Å². The molecule has 0 aliphatic rings. The maximum atomic E-state index is 13.3. The fraction of sp³-hybridized carbons (Fsp3) is 0.400. The molecule has 2 rings (SSSR count). The number of para-hydroxylation sites is 1. The third-order valence-corrected chi connectivity index (χ3v) is 3.78. The molecule has 0 atom stereocenters. The zero-order chi connectivity index (χ0) is 15.8. The Morgan fingerprint density at radius 3 is 2.95 bits per heavy atom. The molecule has 0 radical (unpaired) electrons. The van der Waals surface area contributed by atoms with Crippen LogP contribution in [0.25, 0.3) is 0 Å². The van der Waals surface area contributed by atoms with E-state index in [9.17, 15) is 9.18 Å². The molecule has 5 nitrogen and oxygen atoms in total. The van der Waals surface area contributed by atoms with Crippen LogP contribution in [0.4, 0.5) is 9.52 Å². The number of aryl methyl sites for hydroxylation is 1. The van der Waals surface area contributed by atoms with Crippen LogP contribution in [-0.4, -0.2) is 22.7 Å². The summed E-state index contributed by atoms with van der Waals surface area (Å²) in [4.78, 5) is 11.8. The van der Waals surface area contributed by atoms with E-state index in [4.69, 9.17) is 4.74 Å². The second kappa shape index (κ2) is 8.43. The van der Waals surface area contributed by atoms with E-state index in [1.54, 1.807) is 12.1 Å². The largest absolute Gasteiger partial charge is 0.490 e. The van der Waals surface area contributed by atoms with Gasteiger partial charge in [-0.1, -0.05) is 36.8 Å². The molecule has 0 saturated heterocycles. The summed E-state index contributed by atoms with van der Waals surface area (Å²) in [6, 6.07) is 6.10. The van der Waals surface area contributed by atoms with Gasteiger partial charge in [-0.05, 0) is 18.6 Å². The number of nitrogens with one attached hydrogen (secondary N) is 1. The van der Waals surface area contributed by atoms with E-state index >= 15 is 0 Å². The van der Waals surface area contributed by atoms with Crippen LogP contribution in [0.2, 0.25) is 0 Å². The maximum Gasteiger partial charge on any atom is 0.229 e. The van der Waals surface area contributed by atoms with Gasteiger partial charge in [0.05, 0.1) is 13.0 Å². The van der Waals surface area contributed by atoms with E-state index < -0.39 is 5.82 Å². The van der Waals surface area contributed by atoms with Gasteiger partial charge in [0.1, 0.15) is 5.01 Å². The van der Waals surface area contributed by atoms with Gasteiger partial charge in [-0.15, -0.1) is 10.2 Å². The van der Waals surface area contributed by atoms with E-state index in [0.29, 0.717) is 5.13 Å². The first kappa shape index (κ1) is 16.4. The van der Waals surface area contributed by atoms with Crippen molar-refractivity contribution in [3.8, 4) is 5.75 Å². The molecule has 0 fully saturated rings. The highest BCUT2D eigenvalue weighted by Crippen LogP contribution is 2.18. The molecule has 0 aliphatic heterocycles. The summed E-state index contributed by atoms with van der Waals surface area (Å²) < 4.78 is 18.6. The number of nitrogens with zero attached hydrogens (tertiary/aromatic N) is 2. The van der Waals surface area contributed by atoms with Crippen LogP contribution in [0.15, 0.2) is 24.3 Å². The number of halogens is 1. The number of amides is 1. The lowest BCUT2D eigenvalue weighted by Gasteiger charge is -2.06. The van der Waals surface area contributed by atoms with Gasteiger partial charge in [0.2, 0.25) is 11.0 Å². The average molecular weight is 323 g/mol. The Kier molecular flexibility index (Phi) is 6.27. The smallest absolute Gasteiger partial charge is 0.229 e. The predicted octanol–water partition coefficient (Wildman–Crippen LogP) is 3.43.